The van der Waals surface area contributed by atoms with Crippen LogP contribution in [0.4, 0.5) is 0 Å². The number of hydrogen-bond donors (Lipinski definition) is 1. The number of thiophene rings is 1. The Morgan fingerprint density at radius 2 is 2.29 bits per heavy atom. The lowest BCUT2D eigenvalue weighted by Crippen LogP contribution is -2.35. The van der Waals surface area contributed by atoms with E-state index < -0.39 is 5.97 Å². The summed E-state index contributed by atoms with van der Waals surface area (Å²) in [5.74, 6) is -1.38. The van der Waals surface area contributed by atoms with Gasteiger partial charge in [-0.25, -0.2) is 4.98 Å². The molecule has 1 amide bonds. The first-order valence-electron chi connectivity index (χ1n) is 6.15. The Morgan fingerprint density at radius 1 is 1.52 bits per heavy atom. The molecule has 1 N–H and O–H groups in total. The van der Waals surface area contributed by atoms with Crippen molar-refractivity contribution in [1.82, 2.24) is 9.88 Å². The summed E-state index contributed by atoms with van der Waals surface area (Å²) in [5.41, 5.74) is 1.59. The van der Waals surface area contributed by atoms with Crippen molar-refractivity contribution in [2.24, 2.45) is 0 Å². The van der Waals surface area contributed by atoms with Crippen molar-refractivity contribution in [3.63, 3.8) is 0 Å². The van der Waals surface area contributed by atoms with E-state index in [4.69, 9.17) is 5.11 Å². The molecule has 0 atom stereocenters. The summed E-state index contributed by atoms with van der Waals surface area (Å²) in [4.78, 5) is 29.4. The van der Waals surface area contributed by atoms with Crippen molar-refractivity contribution in [3.05, 3.63) is 40.1 Å². The molecule has 0 spiro atoms. The third-order valence-electron chi connectivity index (χ3n) is 2.72. The van der Waals surface area contributed by atoms with Crippen LogP contribution in [0.2, 0.25) is 0 Å². The van der Waals surface area contributed by atoms with Crippen molar-refractivity contribution >= 4 is 34.6 Å². The van der Waals surface area contributed by atoms with Gasteiger partial charge in [-0.05, 0) is 18.4 Å². The molecule has 2 aromatic heterocycles. The Balaban J connectivity index is 2.29. The van der Waals surface area contributed by atoms with Crippen LogP contribution in [-0.2, 0) is 4.79 Å². The van der Waals surface area contributed by atoms with Gasteiger partial charge >= 0.3 is 5.97 Å². The number of rotatable bonds is 6. The fraction of sp³-hybridized carbons (Fsp3) is 0.214. The van der Waals surface area contributed by atoms with E-state index in [9.17, 15) is 9.59 Å². The van der Waals surface area contributed by atoms with Crippen LogP contribution in [0.1, 0.15) is 15.4 Å². The molecule has 2 rings (SSSR count). The van der Waals surface area contributed by atoms with Crippen molar-refractivity contribution in [3.8, 4) is 10.6 Å². The lowest BCUT2D eigenvalue weighted by Gasteiger charge is -2.17. The van der Waals surface area contributed by atoms with Gasteiger partial charge in [0.05, 0.1) is 5.69 Å². The van der Waals surface area contributed by atoms with E-state index in [1.807, 2.05) is 16.8 Å². The highest BCUT2D eigenvalue weighted by molar-refractivity contribution is 7.17. The predicted molar refractivity (Wildman–Crippen MR) is 83.9 cm³/mol. The van der Waals surface area contributed by atoms with Gasteiger partial charge < -0.3 is 10.0 Å². The van der Waals surface area contributed by atoms with E-state index in [0.717, 1.165) is 10.6 Å². The molecule has 0 aliphatic rings. The SMILES string of the molecule is C=CCN(CC(=O)O)C(=O)c1sc(-c2ccsc2)nc1C. The van der Waals surface area contributed by atoms with Crippen molar-refractivity contribution in [2.45, 2.75) is 6.92 Å². The van der Waals surface area contributed by atoms with Crippen molar-refractivity contribution in [1.29, 1.82) is 0 Å². The molecule has 5 nitrogen and oxygen atoms in total. The second-order valence-electron chi connectivity index (χ2n) is 4.31. The van der Waals surface area contributed by atoms with Gasteiger partial charge in [0.25, 0.3) is 5.91 Å². The fourth-order valence-electron chi connectivity index (χ4n) is 1.79. The van der Waals surface area contributed by atoms with Crippen molar-refractivity contribution in [2.75, 3.05) is 13.1 Å². The Morgan fingerprint density at radius 3 is 2.86 bits per heavy atom. The van der Waals surface area contributed by atoms with Crippen LogP contribution in [0.25, 0.3) is 10.6 Å². The maximum atomic E-state index is 12.5. The standard InChI is InChI=1S/C14H14N2O3S2/c1-3-5-16(7-11(17)18)14(19)12-9(2)15-13(21-12)10-4-6-20-8-10/h3-4,6,8H,1,5,7H2,2H3,(H,17,18). The molecule has 110 valence electrons. The minimum absolute atomic E-state index is 0.191. The largest absolute Gasteiger partial charge is 0.480 e. The molecule has 0 aromatic carbocycles. The van der Waals surface area contributed by atoms with E-state index in [-0.39, 0.29) is 19.0 Å². The van der Waals surface area contributed by atoms with E-state index in [1.54, 1.807) is 18.3 Å². The Hall–Kier alpha value is -1.99. The third kappa shape index (κ3) is 3.56. The molecule has 0 aliphatic heterocycles. The maximum absolute atomic E-state index is 12.5. The zero-order valence-corrected chi connectivity index (χ0v) is 13.0. The normalized spacial score (nSPS) is 10.3. The Bertz CT molecular complexity index is 662. The Labute approximate surface area is 130 Å². The number of aliphatic carboxylic acids is 1. The smallest absolute Gasteiger partial charge is 0.323 e. The fourth-order valence-corrected chi connectivity index (χ4v) is 3.53. The van der Waals surface area contributed by atoms with Crippen molar-refractivity contribution < 1.29 is 14.7 Å². The van der Waals surface area contributed by atoms with Gasteiger partial charge in [0, 0.05) is 17.5 Å². The van der Waals surface area contributed by atoms with Gasteiger partial charge in [-0.2, -0.15) is 11.3 Å². The highest BCUT2D eigenvalue weighted by atomic mass is 32.1. The van der Waals surface area contributed by atoms with Gasteiger partial charge in [0.15, 0.2) is 0 Å². The second kappa shape index (κ2) is 6.64. The van der Waals surface area contributed by atoms with Crippen LogP contribution < -0.4 is 0 Å². The predicted octanol–water partition coefficient (Wildman–Crippen LogP) is 2.89. The van der Waals surface area contributed by atoms with Crippen LogP contribution in [0.15, 0.2) is 29.5 Å². The van der Waals surface area contributed by atoms with Gasteiger partial charge in [0.1, 0.15) is 16.4 Å². The summed E-state index contributed by atoms with van der Waals surface area (Å²) in [6.07, 6.45) is 1.51. The highest BCUT2D eigenvalue weighted by Gasteiger charge is 2.23. The molecule has 0 bridgehead atoms. The number of thiazole rings is 1. The summed E-state index contributed by atoms with van der Waals surface area (Å²) in [6.45, 7) is 5.15. The zero-order chi connectivity index (χ0) is 15.4. The molecular weight excluding hydrogens is 308 g/mol. The molecule has 2 heterocycles. The molecule has 0 radical (unpaired) electrons. The Kier molecular flexibility index (Phi) is 4.87. The molecule has 0 unspecified atom stereocenters. The maximum Gasteiger partial charge on any atom is 0.323 e. The molecule has 7 heteroatoms. The van der Waals surface area contributed by atoms with E-state index in [0.29, 0.717) is 10.6 Å². The van der Waals surface area contributed by atoms with E-state index in [2.05, 4.69) is 11.6 Å². The first-order valence-corrected chi connectivity index (χ1v) is 7.90. The lowest BCUT2D eigenvalue weighted by molar-refractivity contribution is -0.137. The first kappa shape index (κ1) is 15.4. The molecule has 2 aromatic rings. The number of carbonyl (C=O) groups is 2. The highest BCUT2D eigenvalue weighted by Crippen LogP contribution is 2.30. The summed E-state index contributed by atoms with van der Waals surface area (Å²) < 4.78 is 0. The van der Waals surface area contributed by atoms with Gasteiger partial charge in [-0.15, -0.1) is 17.9 Å². The van der Waals surface area contributed by atoms with Crippen LogP contribution in [0.5, 0.6) is 0 Å². The third-order valence-corrected chi connectivity index (χ3v) is 4.60. The van der Waals surface area contributed by atoms with Crippen LogP contribution in [0, 0.1) is 6.92 Å². The second-order valence-corrected chi connectivity index (χ2v) is 6.09. The molecule has 0 aliphatic carbocycles. The number of carboxylic acid groups (broad SMARTS) is 1. The minimum Gasteiger partial charge on any atom is -0.480 e. The topological polar surface area (TPSA) is 70.5 Å². The monoisotopic (exact) mass is 322 g/mol. The van der Waals surface area contributed by atoms with Gasteiger partial charge in [0.2, 0.25) is 0 Å². The molecule has 0 saturated heterocycles. The molecule has 21 heavy (non-hydrogen) atoms. The van der Waals surface area contributed by atoms with Gasteiger partial charge in [-0.3, -0.25) is 9.59 Å². The van der Waals surface area contributed by atoms with E-state index >= 15 is 0 Å². The quantitative estimate of drug-likeness (QED) is 0.830. The average molecular weight is 322 g/mol. The average Bonchev–Trinajstić information content (AvgIpc) is 3.05. The minimum atomic E-state index is -1.05. The number of carbonyl (C=O) groups excluding carboxylic acids is 1. The molecular formula is C14H14N2O3S2. The number of hydrogen-bond acceptors (Lipinski definition) is 5. The zero-order valence-electron chi connectivity index (χ0n) is 11.4. The summed E-state index contributed by atoms with van der Waals surface area (Å²) in [6, 6.07) is 1.94. The summed E-state index contributed by atoms with van der Waals surface area (Å²) in [7, 11) is 0. The lowest BCUT2D eigenvalue weighted by atomic mass is 10.3. The number of aromatic nitrogens is 1. The van der Waals surface area contributed by atoms with E-state index in [1.165, 1.54) is 22.3 Å². The van der Waals surface area contributed by atoms with Crippen LogP contribution in [0.3, 0.4) is 0 Å². The number of aryl methyl sites for hydroxylation is 1. The first-order chi connectivity index (χ1) is 10.0. The number of nitrogens with zero attached hydrogens (tertiary/aromatic N) is 2. The molecule has 0 saturated carbocycles. The number of amides is 1. The summed E-state index contributed by atoms with van der Waals surface area (Å²) >= 11 is 2.84. The summed E-state index contributed by atoms with van der Waals surface area (Å²) in [5, 5.41) is 13.6. The van der Waals surface area contributed by atoms with Crippen LogP contribution in [-0.4, -0.2) is 40.0 Å². The van der Waals surface area contributed by atoms with Gasteiger partial charge in [-0.1, -0.05) is 6.08 Å². The van der Waals surface area contributed by atoms with Crippen LogP contribution >= 0.6 is 22.7 Å². The number of carboxylic acids is 1. The molecule has 0 fully saturated rings.